The molecule has 0 spiro atoms. The molecule has 0 amide bonds. The minimum absolute atomic E-state index is 0.0111. The molecule has 2 N–H and O–H groups in total. The van der Waals surface area contributed by atoms with Crippen LogP contribution in [-0.4, -0.2) is 9.97 Å². The first-order valence-corrected chi connectivity index (χ1v) is 5.26. The Kier molecular flexibility index (Phi) is 1.79. The van der Waals surface area contributed by atoms with E-state index in [0.29, 0.717) is 11.6 Å². The summed E-state index contributed by atoms with van der Waals surface area (Å²) < 4.78 is 5.56. The Hall–Kier alpha value is -1.42. The summed E-state index contributed by atoms with van der Waals surface area (Å²) in [6.07, 6.45) is 4.13. The first-order valence-electron chi connectivity index (χ1n) is 5.26. The van der Waals surface area contributed by atoms with Gasteiger partial charge >= 0.3 is 0 Å². The molecule has 0 bridgehead atoms. The van der Waals surface area contributed by atoms with Gasteiger partial charge in [-0.2, -0.15) is 0 Å². The van der Waals surface area contributed by atoms with E-state index in [1.165, 1.54) is 12.8 Å². The number of rotatable bonds is 2. The Labute approximate surface area is 87.5 Å². The molecule has 0 aliphatic heterocycles. The maximum absolute atomic E-state index is 5.79. The highest BCUT2D eigenvalue weighted by Crippen LogP contribution is 2.40. The third-order valence-corrected chi connectivity index (χ3v) is 2.74. The van der Waals surface area contributed by atoms with E-state index in [1.807, 2.05) is 13.0 Å². The van der Waals surface area contributed by atoms with Crippen molar-refractivity contribution >= 4 is 11.2 Å². The molecule has 1 aliphatic carbocycles. The Balaban J connectivity index is 2.09. The molecule has 0 aromatic carbocycles. The van der Waals surface area contributed by atoms with E-state index in [2.05, 4.69) is 9.97 Å². The number of hydrogen-bond donors (Lipinski definition) is 1. The SMILES string of the molecule is CC(N)c1cnc2oc(C3CC3)nc2c1. The van der Waals surface area contributed by atoms with Crippen LogP contribution in [0.15, 0.2) is 16.7 Å². The van der Waals surface area contributed by atoms with Gasteiger partial charge in [0.1, 0.15) is 5.52 Å². The van der Waals surface area contributed by atoms with E-state index >= 15 is 0 Å². The summed E-state index contributed by atoms with van der Waals surface area (Å²) in [5, 5.41) is 0. The monoisotopic (exact) mass is 203 g/mol. The molecule has 4 nitrogen and oxygen atoms in total. The van der Waals surface area contributed by atoms with Gasteiger partial charge in [0.25, 0.3) is 0 Å². The van der Waals surface area contributed by atoms with Gasteiger partial charge in [-0.3, -0.25) is 0 Å². The Morgan fingerprint density at radius 3 is 3.00 bits per heavy atom. The smallest absolute Gasteiger partial charge is 0.246 e. The van der Waals surface area contributed by atoms with Gasteiger partial charge in [-0.05, 0) is 31.4 Å². The zero-order valence-electron chi connectivity index (χ0n) is 8.60. The van der Waals surface area contributed by atoms with Crippen LogP contribution >= 0.6 is 0 Å². The standard InChI is InChI=1S/C11H13N3O/c1-6(12)8-4-9-11(13-5-8)15-10(14-9)7-2-3-7/h4-7H,2-3,12H2,1H3. The summed E-state index contributed by atoms with van der Waals surface area (Å²) in [7, 11) is 0. The summed E-state index contributed by atoms with van der Waals surface area (Å²) in [6, 6.07) is 1.95. The van der Waals surface area contributed by atoms with Gasteiger partial charge in [0.05, 0.1) is 0 Å². The molecule has 15 heavy (non-hydrogen) atoms. The summed E-state index contributed by atoms with van der Waals surface area (Å²) in [5.41, 5.74) is 8.24. The highest BCUT2D eigenvalue weighted by Gasteiger charge is 2.29. The van der Waals surface area contributed by atoms with E-state index in [-0.39, 0.29) is 6.04 Å². The van der Waals surface area contributed by atoms with Crippen molar-refractivity contribution in [2.75, 3.05) is 0 Å². The van der Waals surface area contributed by atoms with Crippen LogP contribution in [-0.2, 0) is 0 Å². The quantitative estimate of drug-likeness (QED) is 0.811. The van der Waals surface area contributed by atoms with Gasteiger partial charge in [0.15, 0.2) is 0 Å². The van der Waals surface area contributed by atoms with Gasteiger partial charge < -0.3 is 10.2 Å². The Bertz CT molecular complexity index is 500. The van der Waals surface area contributed by atoms with Crippen molar-refractivity contribution in [3.05, 3.63) is 23.7 Å². The molecule has 1 aliphatic rings. The van der Waals surface area contributed by atoms with Crippen molar-refractivity contribution < 1.29 is 4.42 Å². The molecule has 3 rings (SSSR count). The molecule has 0 saturated heterocycles. The second kappa shape index (κ2) is 3.03. The number of aromatic nitrogens is 2. The molecule has 2 aromatic heterocycles. The molecule has 1 atom stereocenters. The zero-order valence-corrected chi connectivity index (χ0v) is 8.60. The maximum atomic E-state index is 5.79. The lowest BCUT2D eigenvalue weighted by atomic mass is 10.1. The van der Waals surface area contributed by atoms with Crippen LogP contribution in [0, 0.1) is 0 Å². The third-order valence-electron chi connectivity index (χ3n) is 2.74. The van der Waals surface area contributed by atoms with Crippen molar-refractivity contribution in [2.45, 2.75) is 31.7 Å². The molecule has 4 heteroatoms. The van der Waals surface area contributed by atoms with E-state index in [4.69, 9.17) is 10.2 Å². The second-order valence-electron chi connectivity index (χ2n) is 4.21. The lowest BCUT2D eigenvalue weighted by molar-refractivity contribution is 0.524. The van der Waals surface area contributed by atoms with E-state index in [0.717, 1.165) is 17.0 Å². The van der Waals surface area contributed by atoms with Crippen LogP contribution in [0.2, 0.25) is 0 Å². The van der Waals surface area contributed by atoms with Gasteiger partial charge in [-0.15, -0.1) is 0 Å². The molecule has 1 unspecified atom stereocenters. The predicted octanol–water partition coefficient (Wildman–Crippen LogP) is 2.12. The van der Waals surface area contributed by atoms with Gasteiger partial charge in [0.2, 0.25) is 11.6 Å². The van der Waals surface area contributed by atoms with Crippen LogP contribution in [0.4, 0.5) is 0 Å². The van der Waals surface area contributed by atoms with Crippen molar-refractivity contribution in [1.82, 2.24) is 9.97 Å². The minimum atomic E-state index is -0.0111. The highest BCUT2D eigenvalue weighted by molar-refractivity contribution is 5.68. The van der Waals surface area contributed by atoms with E-state index in [9.17, 15) is 0 Å². The normalized spacial score (nSPS) is 18.3. The van der Waals surface area contributed by atoms with Gasteiger partial charge in [-0.1, -0.05) is 0 Å². The molecule has 2 aromatic rings. The second-order valence-corrected chi connectivity index (χ2v) is 4.21. The molecular weight excluding hydrogens is 190 g/mol. The first-order chi connectivity index (χ1) is 7.24. The van der Waals surface area contributed by atoms with Crippen LogP contribution in [0.25, 0.3) is 11.2 Å². The number of fused-ring (bicyclic) bond motifs is 1. The summed E-state index contributed by atoms with van der Waals surface area (Å²) in [5.74, 6) is 1.36. The van der Waals surface area contributed by atoms with Crippen molar-refractivity contribution in [2.24, 2.45) is 5.73 Å². The van der Waals surface area contributed by atoms with Gasteiger partial charge in [0, 0.05) is 18.2 Å². The number of hydrogen-bond acceptors (Lipinski definition) is 4. The molecule has 1 fully saturated rings. The number of pyridine rings is 1. The number of nitrogens with two attached hydrogens (primary N) is 1. The highest BCUT2D eigenvalue weighted by atomic mass is 16.4. The van der Waals surface area contributed by atoms with Crippen LogP contribution in [0.1, 0.15) is 43.2 Å². The Morgan fingerprint density at radius 1 is 1.53 bits per heavy atom. The summed E-state index contributed by atoms with van der Waals surface area (Å²) >= 11 is 0. The fraction of sp³-hybridized carbons (Fsp3) is 0.455. The summed E-state index contributed by atoms with van der Waals surface area (Å²) in [4.78, 5) is 8.66. The average molecular weight is 203 g/mol. The minimum Gasteiger partial charge on any atom is -0.422 e. The average Bonchev–Trinajstić information content (AvgIpc) is 2.97. The third kappa shape index (κ3) is 1.51. The fourth-order valence-electron chi connectivity index (χ4n) is 1.61. The molecule has 1 saturated carbocycles. The lowest BCUT2D eigenvalue weighted by Gasteiger charge is -2.02. The zero-order chi connectivity index (χ0) is 10.4. The summed E-state index contributed by atoms with van der Waals surface area (Å²) in [6.45, 7) is 1.94. The molecule has 78 valence electrons. The first kappa shape index (κ1) is 8.85. The van der Waals surface area contributed by atoms with Crippen LogP contribution < -0.4 is 5.73 Å². The largest absolute Gasteiger partial charge is 0.422 e. The van der Waals surface area contributed by atoms with Gasteiger partial charge in [-0.25, -0.2) is 9.97 Å². The topological polar surface area (TPSA) is 64.9 Å². The van der Waals surface area contributed by atoms with Crippen LogP contribution in [0.5, 0.6) is 0 Å². The maximum Gasteiger partial charge on any atom is 0.246 e. The number of nitrogens with zero attached hydrogens (tertiary/aromatic N) is 2. The van der Waals surface area contributed by atoms with E-state index < -0.39 is 0 Å². The molecular formula is C11H13N3O. The molecule has 0 radical (unpaired) electrons. The Morgan fingerprint density at radius 2 is 2.33 bits per heavy atom. The van der Waals surface area contributed by atoms with Crippen molar-refractivity contribution in [1.29, 1.82) is 0 Å². The number of oxazole rings is 1. The van der Waals surface area contributed by atoms with Crippen LogP contribution in [0.3, 0.4) is 0 Å². The van der Waals surface area contributed by atoms with Crippen molar-refractivity contribution in [3.8, 4) is 0 Å². The predicted molar refractivity (Wildman–Crippen MR) is 56.4 cm³/mol. The van der Waals surface area contributed by atoms with Crippen molar-refractivity contribution in [3.63, 3.8) is 0 Å². The van der Waals surface area contributed by atoms with E-state index in [1.54, 1.807) is 6.20 Å². The lowest BCUT2D eigenvalue weighted by Crippen LogP contribution is -2.04. The molecule has 2 heterocycles. The fourth-order valence-corrected chi connectivity index (χ4v) is 1.61.